The molecule has 8 heteroatoms. The van der Waals surface area contributed by atoms with Gasteiger partial charge in [-0.1, -0.05) is 12.8 Å². The molecule has 0 bridgehead atoms. The van der Waals surface area contributed by atoms with Crippen LogP contribution in [0.3, 0.4) is 0 Å². The van der Waals surface area contributed by atoms with E-state index in [0.717, 1.165) is 25.7 Å². The van der Waals surface area contributed by atoms with E-state index in [1.165, 1.54) is 11.6 Å². The lowest BCUT2D eigenvalue weighted by atomic mass is 9.90. The summed E-state index contributed by atoms with van der Waals surface area (Å²) in [7, 11) is 1.52. The molecule has 8 nitrogen and oxygen atoms in total. The predicted molar refractivity (Wildman–Crippen MR) is 90.6 cm³/mol. The van der Waals surface area contributed by atoms with Gasteiger partial charge >= 0.3 is 5.69 Å². The molecule has 2 aromatic heterocycles. The fourth-order valence-electron chi connectivity index (χ4n) is 3.84. The van der Waals surface area contributed by atoms with Crippen LogP contribution in [-0.4, -0.2) is 50.6 Å². The van der Waals surface area contributed by atoms with Crippen molar-refractivity contribution >= 4 is 16.9 Å². The molecule has 2 aromatic rings. The number of hydrogen-bond acceptors (Lipinski definition) is 5. The number of carbonyl (C=O) groups excluding carboxylic acids is 1. The highest BCUT2D eigenvalue weighted by Gasteiger charge is 2.37. The quantitative estimate of drug-likeness (QED) is 0.808. The summed E-state index contributed by atoms with van der Waals surface area (Å²) in [5.41, 5.74) is -0.580. The minimum atomic E-state index is -0.548. The zero-order chi connectivity index (χ0) is 17.6. The van der Waals surface area contributed by atoms with E-state index in [2.05, 4.69) is 9.97 Å². The van der Waals surface area contributed by atoms with Gasteiger partial charge in [0.25, 0.3) is 11.5 Å². The Hall–Kier alpha value is -2.48. The van der Waals surface area contributed by atoms with Crippen molar-refractivity contribution in [3.05, 3.63) is 38.7 Å². The van der Waals surface area contributed by atoms with Crippen LogP contribution in [0.1, 0.15) is 36.2 Å². The third kappa shape index (κ3) is 2.66. The second-order valence-corrected chi connectivity index (χ2v) is 6.65. The Bertz CT molecular complexity index is 946. The Morgan fingerprint density at radius 3 is 2.92 bits per heavy atom. The van der Waals surface area contributed by atoms with Crippen molar-refractivity contribution in [1.29, 1.82) is 0 Å². The molecule has 2 fully saturated rings. The fraction of sp³-hybridized carbons (Fsp3) is 0.529. The zero-order valence-corrected chi connectivity index (χ0v) is 14.0. The molecule has 4 rings (SSSR count). The summed E-state index contributed by atoms with van der Waals surface area (Å²) in [6.07, 6.45) is 4.22. The van der Waals surface area contributed by atoms with Crippen LogP contribution >= 0.6 is 0 Å². The molecule has 1 saturated heterocycles. The van der Waals surface area contributed by atoms with E-state index in [1.54, 1.807) is 12.1 Å². The molecule has 132 valence electrons. The maximum absolute atomic E-state index is 13.0. The Morgan fingerprint density at radius 1 is 1.28 bits per heavy atom. The minimum absolute atomic E-state index is 0.0792. The number of hydrogen-bond donors (Lipinski definition) is 1. The fourth-order valence-corrected chi connectivity index (χ4v) is 3.84. The van der Waals surface area contributed by atoms with Gasteiger partial charge in [0.05, 0.1) is 24.1 Å². The average Bonchev–Trinajstić information content (AvgIpc) is 2.65. The summed E-state index contributed by atoms with van der Waals surface area (Å²) >= 11 is 0. The number of amides is 1. The van der Waals surface area contributed by atoms with Gasteiger partial charge in [-0.3, -0.25) is 19.1 Å². The molecule has 1 aliphatic carbocycles. The monoisotopic (exact) mass is 344 g/mol. The summed E-state index contributed by atoms with van der Waals surface area (Å²) < 4.78 is 7.06. The van der Waals surface area contributed by atoms with Crippen LogP contribution < -0.4 is 11.2 Å². The van der Waals surface area contributed by atoms with Gasteiger partial charge in [-0.2, -0.15) is 0 Å². The third-order valence-electron chi connectivity index (χ3n) is 5.17. The lowest BCUT2D eigenvalue weighted by Gasteiger charge is -2.43. The number of aromatic nitrogens is 3. The molecule has 1 amide bonds. The SMILES string of the molecule is Cn1c(=O)[nH]c(=O)c2ccc(C(=O)N3CCO[C@@H]4CCCC[C@H]43)nc21. The highest BCUT2D eigenvalue weighted by Crippen LogP contribution is 2.29. The molecule has 0 spiro atoms. The van der Waals surface area contributed by atoms with Crippen LogP contribution in [0.2, 0.25) is 0 Å². The van der Waals surface area contributed by atoms with Crippen molar-refractivity contribution in [3.8, 4) is 0 Å². The highest BCUT2D eigenvalue weighted by molar-refractivity contribution is 5.94. The van der Waals surface area contributed by atoms with Crippen LogP contribution in [0.25, 0.3) is 11.0 Å². The third-order valence-corrected chi connectivity index (χ3v) is 5.17. The number of aryl methyl sites for hydroxylation is 1. The zero-order valence-electron chi connectivity index (χ0n) is 14.0. The van der Waals surface area contributed by atoms with Crippen LogP contribution in [0.4, 0.5) is 0 Å². The number of H-pyrrole nitrogens is 1. The highest BCUT2D eigenvalue weighted by atomic mass is 16.5. The van der Waals surface area contributed by atoms with Crippen LogP contribution in [0.5, 0.6) is 0 Å². The smallest absolute Gasteiger partial charge is 0.329 e. The number of fused-ring (bicyclic) bond motifs is 2. The van der Waals surface area contributed by atoms with Crippen molar-refractivity contribution in [3.63, 3.8) is 0 Å². The maximum Gasteiger partial charge on any atom is 0.329 e. The lowest BCUT2D eigenvalue weighted by molar-refractivity contribution is -0.0754. The van der Waals surface area contributed by atoms with Crippen molar-refractivity contribution in [2.24, 2.45) is 7.05 Å². The molecule has 1 aliphatic heterocycles. The van der Waals surface area contributed by atoms with E-state index < -0.39 is 11.2 Å². The van der Waals surface area contributed by atoms with E-state index in [4.69, 9.17) is 4.74 Å². The van der Waals surface area contributed by atoms with Crippen molar-refractivity contribution in [2.45, 2.75) is 37.8 Å². The lowest BCUT2D eigenvalue weighted by Crippen LogP contribution is -2.55. The first kappa shape index (κ1) is 16.0. The van der Waals surface area contributed by atoms with Crippen molar-refractivity contribution in [2.75, 3.05) is 13.2 Å². The molecule has 0 unspecified atom stereocenters. The molecular formula is C17H20N4O4. The summed E-state index contributed by atoms with van der Waals surface area (Å²) in [6, 6.07) is 3.18. The number of nitrogens with one attached hydrogen (secondary N) is 1. The number of carbonyl (C=O) groups is 1. The van der Waals surface area contributed by atoms with E-state index in [-0.39, 0.29) is 34.8 Å². The summed E-state index contributed by atoms with van der Waals surface area (Å²) in [5.74, 6) is -0.171. The number of morpholine rings is 1. The second kappa shape index (κ2) is 6.11. The number of aromatic amines is 1. The molecule has 3 heterocycles. The molecule has 1 saturated carbocycles. The largest absolute Gasteiger partial charge is 0.374 e. The number of pyridine rings is 1. The molecule has 0 aromatic carbocycles. The minimum Gasteiger partial charge on any atom is -0.374 e. The van der Waals surface area contributed by atoms with Gasteiger partial charge in [-0.15, -0.1) is 0 Å². The van der Waals surface area contributed by atoms with Crippen LogP contribution in [0.15, 0.2) is 21.7 Å². The van der Waals surface area contributed by atoms with E-state index in [0.29, 0.717) is 13.2 Å². The number of ether oxygens (including phenoxy) is 1. The van der Waals surface area contributed by atoms with Gasteiger partial charge in [0.15, 0.2) is 0 Å². The first-order valence-corrected chi connectivity index (χ1v) is 8.59. The predicted octanol–water partition coefficient (Wildman–Crippen LogP) is 0.405. The molecule has 2 atom stereocenters. The standard InChI is InChI=1S/C17H20N4O4/c1-20-14-10(15(22)19-17(20)24)6-7-11(18-14)16(23)21-8-9-25-13-5-3-2-4-12(13)21/h6-7,12-13H,2-5,8-9H2,1H3,(H,19,22,24)/t12-,13-/m1/s1. The van der Waals surface area contributed by atoms with E-state index in [1.807, 2.05) is 4.90 Å². The molecule has 25 heavy (non-hydrogen) atoms. The van der Waals surface area contributed by atoms with Gasteiger partial charge in [-0.05, 0) is 25.0 Å². The molecule has 0 radical (unpaired) electrons. The van der Waals surface area contributed by atoms with Crippen molar-refractivity contribution in [1.82, 2.24) is 19.4 Å². The summed E-state index contributed by atoms with van der Waals surface area (Å²) in [4.78, 5) is 45.1. The Balaban J connectivity index is 1.73. The Labute approximate surface area is 143 Å². The maximum atomic E-state index is 13.0. The van der Waals surface area contributed by atoms with E-state index >= 15 is 0 Å². The van der Waals surface area contributed by atoms with Crippen LogP contribution in [0, 0.1) is 0 Å². The van der Waals surface area contributed by atoms with Gasteiger partial charge in [0, 0.05) is 13.6 Å². The first-order chi connectivity index (χ1) is 12.1. The summed E-state index contributed by atoms with van der Waals surface area (Å²) in [6.45, 7) is 1.06. The second-order valence-electron chi connectivity index (χ2n) is 6.65. The Morgan fingerprint density at radius 2 is 2.08 bits per heavy atom. The number of nitrogens with zero attached hydrogens (tertiary/aromatic N) is 3. The topological polar surface area (TPSA) is 97.3 Å². The average molecular weight is 344 g/mol. The Kier molecular flexibility index (Phi) is 3.91. The van der Waals surface area contributed by atoms with Gasteiger partial charge in [-0.25, -0.2) is 9.78 Å². The first-order valence-electron chi connectivity index (χ1n) is 8.59. The number of rotatable bonds is 1. The van der Waals surface area contributed by atoms with Gasteiger partial charge in [0.2, 0.25) is 0 Å². The van der Waals surface area contributed by atoms with Gasteiger partial charge < -0.3 is 9.64 Å². The van der Waals surface area contributed by atoms with Crippen LogP contribution in [-0.2, 0) is 11.8 Å². The normalized spacial score (nSPS) is 23.5. The summed E-state index contributed by atoms with van der Waals surface area (Å²) in [5, 5.41) is 0.288. The van der Waals surface area contributed by atoms with Crippen molar-refractivity contribution < 1.29 is 9.53 Å². The molecule has 1 N–H and O–H groups in total. The molecular weight excluding hydrogens is 324 g/mol. The van der Waals surface area contributed by atoms with E-state index in [9.17, 15) is 14.4 Å². The van der Waals surface area contributed by atoms with Gasteiger partial charge in [0.1, 0.15) is 11.3 Å². The molecule has 2 aliphatic rings.